The summed E-state index contributed by atoms with van der Waals surface area (Å²) in [4.78, 5) is 3.29. The molecule has 0 aliphatic carbocycles. The van der Waals surface area contributed by atoms with E-state index in [-0.39, 0.29) is 0 Å². The van der Waals surface area contributed by atoms with Crippen molar-refractivity contribution in [2.75, 3.05) is 7.04 Å². The molecule has 13 heavy (non-hydrogen) atoms. The third-order valence-electron chi connectivity index (χ3n) is 1.04. The largest absolute Gasteiger partial charge is 0.481 e. The van der Waals surface area contributed by atoms with Crippen molar-refractivity contribution < 1.29 is 24.8 Å². The zero-order valence-electron chi connectivity index (χ0n) is 10.9. The predicted molar refractivity (Wildman–Crippen MR) is 43.5 cm³/mol. The quantitative estimate of drug-likeness (QED) is 0.725. The van der Waals surface area contributed by atoms with Crippen molar-refractivity contribution in [3.05, 3.63) is 22.3 Å². The van der Waals surface area contributed by atoms with Gasteiger partial charge in [0, 0.05) is 6.04 Å². The molecule has 0 aromatic carbocycles. The van der Waals surface area contributed by atoms with Crippen LogP contribution < -0.4 is 4.74 Å². The van der Waals surface area contributed by atoms with Crippen molar-refractivity contribution in [3.63, 3.8) is 0 Å². The SMILES string of the molecule is [2H]c1c(Br)nc(OC([2H])([2H])[2H])c([2H])c1C(F)(F)F. The number of nitrogens with zero attached hydrogens (tertiary/aromatic N) is 1. The molecule has 0 radical (unpaired) electrons. The molecule has 0 amide bonds. The summed E-state index contributed by atoms with van der Waals surface area (Å²) >= 11 is 2.59. The minimum absolute atomic E-state index is 0.551. The number of hydrogen-bond donors (Lipinski definition) is 0. The fourth-order valence-electron chi connectivity index (χ4n) is 0.576. The molecule has 0 fully saturated rings. The number of halogens is 4. The van der Waals surface area contributed by atoms with Crippen molar-refractivity contribution in [1.29, 1.82) is 0 Å². The maximum absolute atomic E-state index is 12.6. The van der Waals surface area contributed by atoms with Gasteiger partial charge in [-0.05, 0) is 22.0 Å². The third-order valence-corrected chi connectivity index (χ3v) is 1.42. The van der Waals surface area contributed by atoms with Gasteiger partial charge in [0.1, 0.15) is 4.60 Å². The van der Waals surface area contributed by atoms with Gasteiger partial charge in [-0.25, -0.2) is 4.98 Å². The first-order valence-electron chi connectivity index (χ1n) is 5.36. The Bertz CT molecular complexity index is 476. The van der Waals surface area contributed by atoms with Gasteiger partial charge in [-0.15, -0.1) is 0 Å². The van der Waals surface area contributed by atoms with E-state index in [1.54, 1.807) is 0 Å². The van der Waals surface area contributed by atoms with Gasteiger partial charge in [0.2, 0.25) is 5.88 Å². The minimum atomic E-state index is -4.98. The summed E-state index contributed by atoms with van der Waals surface area (Å²) in [7, 11) is -3.03. The fourth-order valence-corrected chi connectivity index (χ4v) is 0.936. The molecule has 0 atom stereocenters. The number of rotatable bonds is 1. The van der Waals surface area contributed by atoms with Crippen LogP contribution in [-0.2, 0) is 6.18 Å². The van der Waals surface area contributed by atoms with Gasteiger partial charge < -0.3 is 4.74 Å². The maximum Gasteiger partial charge on any atom is 0.416 e. The van der Waals surface area contributed by atoms with Gasteiger partial charge >= 0.3 is 6.18 Å². The normalized spacial score (nSPS) is 18.0. The number of methoxy groups -OCH3 is 1. The van der Waals surface area contributed by atoms with Gasteiger partial charge in [-0.1, -0.05) is 0 Å². The summed E-state index contributed by atoms with van der Waals surface area (Å²) in [5, 5.41) is 0. The molecule has 0 bridgehead atoms. The van der Waals surface area contributed by atoms with E-state index in [2.05, 4.69) is 25.7 Å². The third kappa shape index (κ3) is 2.58. The summed E-state index contributed by atoms with van der Waals surface area (Å²) in [5.74, 6) is -1.01. The lowest BCUT2D eigenvalue weighted by molar-refractivity contribution is -0.137. The number of alkyl halides is 3. The lowest BCUT2D eigenvalue weighted by atomic mass is 10.2. The van der Waals surface area contributed by atoms with Crippen LogP contribution >= 0.6 is 15.9 Å². The number of ether oxygens (including phenoxy) is 1. The molecule has 0 saturated heterocycles. The molecule has 0 saturated carbocycles. The predicted octanol–water partition coefficient (Wildman–Crippen LogP) is 2.87. The van der Waals surface area contributed by atoms with Crippen LogP contribution in [0.1, 0.15) is 12.4 Å². The maximum atomic E-state index is 12.6. The Morgan fingerprint density at radius 2 is 2.31 bits per heavy atom. The Hall–Kier alpha value is -0.780. The first-order chi connectivity index (χ1) is 7.93. The summed E-state index contributed by atoms with van der Waals surface area (Å²) in [6, 6.07) is -2.34. The van der Waals surface area contributed by atoms with E-state index in [0.29, 0.717) is 0 Å². The second-order valence-electron chi connectivity index (χ2n) is 1.93. The molecular weight excluding hydrogens is 251 g/mol. The van der Waals surface area contributed by atoms with Gasteiger partial charge in [0.05, 0.1) is 19.5 Å². The van der Waals surface area contributed by atoms with E-state index in [1.165, 1.54) is 0 Å². The summed E-state index contributed by atoms with van der Waals surface area (Å²) in [6.07, 6.45) is -4.98. The summed E-state index contributed by atoms with van der Waals surface area (Å²) in [5.41, 5.74) is -1.61. The topological polar surface area (TPSA) is 22.1 Å². The highest BCUT2D eigenvalue weighted by Gasteiger charge is 2.31. The monoisotopic (exact) mass is 260 g/mol. The molecule has 1 aromatic rings. The smallest absolute Gasteiger partial charge is 0.416 e. The van der Waals surface area contributed by atoms with Crippen LogP contribution in [0.15, 0.2) is 16.7 Å². The van der Waals surface area contributed by atoms with E-state index >= 15 is 0 Å². The van der Waals surface area contributed by atoms with Crippen molar-refractivity contribution in [2.45, 2.75) is 6.18 Å². The number of hydrogen-bond acceptors (Lipinski definition) is 2. The first-order valence-corrected chi connectivity index (χ1v) is 3.65. The zero-order chi connectivity index (χ0) is 14.3. The van der Waals surface area contributed by atoms with Crippen molar-refractivity contribution in [2.24, 2.45) is 0 Å². The lowest BCUT2D eigenvalue weighted by Gasteiger charge is -2.07. The molecule has 1 rings (SSSR count). The molecule has 0 aliphatic rings. The molecule has 0 spiro atoms. The minimum Gasteiger partial charge on any atom is -0.481 e. The molecule has 0 aliphatic heterocycles. The molecular formula is C7H5BrF3NO. The Morgan fingerprint density at radius 1 is 1.62 bits per heavy atom. The molecule has 72 valence electrons. The highest BCUT2D eigenvalue weighted by Crippen LogP contribution is 2.32. The van der Waals surface area contributed by atoms with Gasteiger partial charge in [0.25, 0.3) is 0 Å². The Labute approximate surface area is 87.9 Å². The molecule has 6 heteroatoms. The highest BCUT2D eigenvalue weighted by atomic mass is 79.9. The van der Waals surface area contributed by atoms with Crippen molar-refractivity contribution in [1.82, 2.24) is 4.98 Å². The number of pyridine rings is 1. The molecule has 1 heterocycles. The summed E-state index contributed by atoms with van der Waals surface area (Å²) in [6.45, 7) is 0. The van der Waals surface area contributed by atoms with Crippen LogP contribution in [-0.4, -0.2) is 12.0 Å². The molecule has 1 aromatic heterocycles. The standard InChI is InChI=1S/C7H5BrF3NO/c1-13-6-3-4(7(9,10)11)2-5(8)12-6/h2-3H,1H3/i1D3,2D,3D. The van der Waals surface area contributed by atoms with Gasteiger partial charge in [0.15, 0.2) is 0 Å². The zero-order valence-corrected chi connectivity index (χ0v) is 7.45. The Balaban J connectivity index is 3.45. The van der Waals surface area contributed by atoms with E-state index in [9.17, 15) is 13.2 Å². The van der Waals surface area contributed by atoms with Gasteiger partial charge in [-0.2, -0.15) is 13.2 Å². The van der Waals surface area contributed by atoms with Crippen LogP contribution in [0.5, 0.6) is 5.88 Å². The van der Waals surface area contributed by atoms with Crippen molar-refractivity contribution >= 4 is 15.9 Å². The average molecular weight is 261 g/mol. The van der Waals surface area contributed by atoms with Crippen LogP contribution in [0.4, 0.5) is 13.2 Å². The average Bonchev–Trinajstić information content (AvgIpc) is 2.09. The molecule has 0 unspecified atom stereocenters. The van der Waals surface area contributed by atoms with E-state index in [1.807, 2.05) is 0 Å². The van der Waals surface area contributed by atoms with Crippen LogP contribution in [0.2, 0.25) is 0 Å². The summed E-state index contributed by atoms with van der Waals surface area (Å²) < 4.78 is 76.2. The lowest BCUT2D eigenvalue weighted by Crippen LogP contribution is -2.05. The Morgan fingerprint density at radius 3 is 2.85 bits per heavy atom. The van der Waals surface area contributed by atoms with Crippen LogP contribution in [0.25, 0.3) is 0 Å². The van der Waals surface area contributed by atoms with Crippen LogP contribution in [0, 0.1) is 0 Å². The second kappa shape index (κ2) is 3.53. The first kappa shape index (κ1) is 5.19. The second-order valence-corrected chi connectivity index (χ2v) is 2.68. The molecule has 0 N–H and O–H groups in total. The van der Waals surface area contributed by atoms with E-state index in [0.717, 1.165) is 0 Å². The molecule has 2 nitrogen and oxygen atoms in total. The fraction of sp³-hybridized carbons (Fsp3) is 0.286. The van der Waals surface area contributed by atoms with E-state index in [4.69, 9.17) is 6.85 Å². The number of aromatic nitrogens is 1. The van der Waals surface area contributed by atoms with Crippen LogP contribution in [0.3, 0.4) is 0 Å². The Kier molecular flexibility index (Phi) is 1.41. The highest BCUT2D eigenvalue weighted by molar-refractivity contribution is 9.10. The van der Waals surface area contributed by atoms with Gasteiger partial charge in [-0.3, -0.25) is 0 Å². The van der Waals surface area contributed by atoms with Crippen molar-refractivity contribution in [3.8, 4) is 5.88 Å². The van der Waals surface area contributed by atoms with E-state index < -0.39 is 41.3 Å².